The third-order valence-electron chi connectivity index (χ3n) is 17.5. The summed E-state index contributed by atoms with van der Waals surface area (Å²) in [5.41, 5.74) is -1.50. The van der Waals surface area contributed by atoms with Crippen LogP contribution < -0.4 is 5.32 Å². The van der Waals surface area contributed by atoms with Gasteiger partial charge in [0.25, 0.3) is 0 Å². The lowest BCUT2D eigenvalue weighted by atomic mass is 9.92. The van der Waals surface area contributed by atoms with E-state index in [0.717, 1.165) is 0 Å². The van der Waals surface area contributed by atoms with Gasteiger partial charge in [0.05, 0.1) is 143 Å². The quantitative estimate of drug-likeness (QED) is 0.0306. The fourth-order valence-corrected chi connectivity index (χ4v) is 14.3. The predicted octanol–water partition coefficient (Wildman–Crippen LogP) is 2.01. The van der Waals surface area contributed by atoms with Crippen LogP contribution in [-0.2, 0) is 116 Å². The number of carbonyl (C=O) groups excluding carboxylic acids is 1. The first-order chi connectivity index (χ1) is 52.3. The van der Waals surface area contributed by atoms with E-state index in [0.29, 0.717) is 96.7 Å². The van der Waals surface area contributed by atoms with Gasteiger partial charge >= 0.3 is 31.3 Å². The molecule has 3 aliphatic rings. The Hall–Kier alpha value is -0.970. The smallest absolute Gasteiger partial charge is 0.396 e. The van der Waals surface area contributed by atoms with Crippen molar-refractivity contribution < 1.29 is 187 Å². The topological polar surface area (TPSA) is 565 Å². The van der Waals surface area contributed by atoms with Gasteiger partial charge in [0.2, 0.25) is 5.91 Å². The average molecular weight is 1690 g/mol. The molecule has 3 rings (SSSR count). The van der Waals surface area contributed by atoms with E-state index >= 15 is 0 Å². The number of carbonyl (C=O) groups is 1. The summed E-state index contributed by atoms with van der Waals surface area (Å²) < 4.78 is 163. The zero-order valence-corrected chi connectivity index (χ0v) is 67.8. The van der Waals surface area contributed by atoms with Crippen molar-refractivity contribution in [2.24, 2.45) is 23.2 Å². The molecule has 0 spiro atoms. The molecule has 0 aromatic heterocycles. The Labute approximate surface area is 645 Å². The van der Waals surface area contributed by atoms with E-state index in [4.69, 9.17) is 93.0 Å². The molecule has 654 valence electrons. The molecule has 20 atom stereocenters. The third-order valence-corrected chi connectivity index (χ3v) is 21.5. The van der Waals surface area contributed by atoms with Crippen molar-refractivity contribution in [1.29, 1.82) is 0 Å². The summed E-state index contributed by atoms with van der Waals surface area (Å²) in [6, 6.07) is -1.10. The molecular formula is C66H131NO39P4. The van der Waals surface area contributed by atoms with Crippen LogP contribution in [-0.4, -0.2) is 334 Å². The van der Waals surface area contributed by atoms with Crippen LogP contribution in [0.3, 0.4) is 0 Å². The zero-order valence-electron chi connectivity index (χ0n) is 64.3. The van der Waals surface area contributed by atoms with Crippen LogP contribution in [0.4, 0.5) is 0 Å². The molecule has 11 unspecified atom stereocenters. The molecule has 0 saturated carbocycles. The second-order valence-electron chi connectivity index (χ2n) is 27.6. The summed E-state index contributed by atoms with van der Waals surface area (Å²) in [7, 11) is -18.6. The first kappa shape index (κ1) is 103. The number of unbranched alkanes of at least 4 members (excludes halogenated alkanes) is 9. The molecule has 3 heterocycles. The Morgan fingerprint density at radius 3 is 1.07 bits per heavy atom. The average Bonchev–Trinajstić information content (AvgIpc) is 0.813. The van der Waals surface area contributed by atoms with E-state index in [9.17, 15) is 93.7 Å². The number of phosphoric ester groups is 4. The summed E-state index contributed by atoms with van der Waals surface area (Å²) in [5, 5.41) is 102. The molecule has 110 heavy (non-hydrogen) atoms. The second kappa shape index (κ2) is 58.0. The molecule has 0 bridgehead atoms. The number of rotatable bonds is 69. The van der Waals surface area contributed by atoms with Gasteiger partial charge in [-0.1, -0.05) is 52.4 Å². The van der Waals surface area contributed by atoms with Crippen LogP contribution in [0, 0.1) is 23.2 Å². The SMILES string of the molecule is CC(=O)NC1[C@H](OCCCCCCOP(=O)(O)OCCCOCC(COCCCOP(=O)(O)OCCCCCCO[C@@H]2OC(CO)[C@H](O)[C@H](O)C2C)(COCCCOP(=O)(O)OCCCCCCO[C@@H]2OC(CO)[C@H](O)[C@H](O)C2C)COP(=O)(O)OCCOCC(CO)COCCCOC(C)C)OC(CO)[C@H](O)[C@@H]1O. The highest BCUT2D eigenvalue weighted by molar-refractivity contribution is 7.48. The molecule has 44 heteroatoms. The Kier molecular flexibility index (Phi) is 54.5. The molecule has 15 N–H and O–H groups in total. The molecule has 0 aromatic rings. The normalized spacial score (nSPS) is 27.8. The van der Waals surface area contributed by atoms with Crippen molar-refractivity contribution in [3.8, 4) is 0 Å². The molecule has 1 amide bonds. The lowest BCUT2D eigenvalue weighted by molar-refractivity contribution is -0.282. The summed E-state index contributed by atoms with van der Waals surface area (Å²) in [5.74, 6) is -2.01. The van der Waals surface area contributed by atoms with Crippen molar-refractivity contribution >= 4 is 37.2 Å². The summed E-state index contributed by atoms with van der Waals surface area (Å²) in [4.78, 5) is 54.1. The number of hydrogen-bond acceptors (Lipinski definition) is 35. The van der Waals surface area contributed by atoms with Crippen molar-refractivity contribution in [3.63, 3.8) is 0 Å². The van der Waals surface area contributed by atoms with Gasteiger partial charge in [0.1, 0.15) is 48.8 Å². The van der Waals surface area contributed by atoms with Crippen LogP contribution in [0.1, 0.15) is 137 Å². The van der Waals surface area contributed by atoms with Gasteiger partial charge < -0.3 is 133 Å². The van der Waals surface area contributed by atoms with Crippen LogP contribution in [0.2, 0.25) is 0 Å². The van der Waals surface area contributed by atoms with Gasteiger partial charge in [0.15, 0.2) is 18.9 Å². The van der Waals surface area contributed by atoms with Crippen LogP contribution in [0.15, 0.2) is 0 Å². The summed E-state index contributed by atoms with van der Waals surface area (Å²) in [6.45, 7) is 4.05. The van der Waals surface area contributed by atoms with Crippen molar-refractivity contribution in [2.75, 3.05) is 172 Å². The second-order valence-corrected chi connectivity index (χ2v) is 33.4. The number of nitrogens with one attached hydrogen (secondary N) is 1. The molecule has 0 aliphatic carbocycles. The van der Waals surface area contributed by atoms with E-state index in [1.165, 1.54) is 6.92 Å². The lowest BCUT2D eigenvalue weighted by Gasteiger charge is -2.42. The van der Waals surface area contributed by atoms with Crippen molar-refractivity contribution in [2.45, 2.75) is 223 Å². The number of phosphoric acid groups is 4. The first-order valence-electron chi connectivity index (χ1n) is 37.9. The number of amides is 1. The highest BCUT2D eigenvalue weighted by atomic mass is 31.2. The number of ether oxygens (including phenoxy) is 12. The first-order valence-corrected chi connectivity index (χ1v) is 43.9. The molecule has 3 saturated heterocycles. The minimum Gasteiger partial charge on any atom is -0.396 e. The lowest BCUT2D eigenvalue weighted by Crippen LogP contribution is -2.64. The van der Waals surface area contributed by atoms with Crippen LogP contribution in [0.25, 0.3) is 0 Å². The maximum absolute atomic E-state index is 13.5. The fraction of sp³-hybridized carbons (Fsp3) is 0.985. The van der Waals surface area contributed by atoms with E-state index in [-0.39, 0.29) is 151 Å². The van der Waals surface area contributed by atoms with Crippen LogP contribution >= 0.6 is 31.3 Å². The molecule has 3 aliphatic heterocycles. The van der Waals surface area contributed by atoms with E-state index in [1.807, 2.05) is 13.8 Å². The molecule has 40 nitrogen and oxygen atoms in total. The van der Waals surface area contributed by atoms with E-state index < -0.39 is 173 Å². The zero-order chi connectivity index (χ0) is 81.4. The molecule has 3 fully saturated rings. The van der Waals surface area contributed by atoms with Gasteiger partial charge in [-0.2, -0.15) is 0 Å². The Balaban J connectivity index is 1.61. The fourth-order valence-electron chi connectivity index (χ4n) is 11.1. The van der Waals surface area contributed by atoms with Crippen molar-refractivity contribution in [3.05, 3.63) is 0 Å². The largest absolute Gasteiger partial charge is 0.472 e. The Bertz CT molecular complexity index is 2460. The number of aliphatic hydroxyl groups excluding tert-OH is 10. The monoisotopic (exact) mass is 1690 g/mol. The minimum atomic E-state index is -4.92. The third kappa shape index (κ3) is 44.2. The minimum absolute atomic E-state index is 0.00267. The highest BCUT2D eigenvalue weighted by Crippen LogP contribution is 2.47. The standard InChI is InChI=1S/C66H131NO39P4/c1-48(2)92-29-18-22-87-42-52(38-68)43-88-36-37-102-110(85,86)103-47-66(44-89-23-19-33-99-107(79,80)96-30-15-9-6-12-26-93-63-49(3)57(73)59(75)53(39-69)104-63,45-90-24-20-34-100-108(81,82)97-31-16-10-7-13-27-94-64-50(4)58(74)60(76)54(40-70)105-64)46-91-25-21-35-101-109(83,84)98-32-17-11-8-14-28-95-65-56(67-51(5)72)62(78)61(77)55(41-71)106-65/h48-50,52-65,68-71,73-78H,6-47H2,1-5H3,(H,67,72)(H,79,80)(H,81,82)(H,83,84)(H,85,86)/t49?,50?,52?,53?,54?,55?,56?,57-,58-,59+,60+,61+,62-,63-,64-,65-,66?/m1/s1. The van der Waals surface area contributed by atoms with Crippen molar-refractivity contribution in [1.82, 2.24) is 5.32 Å². The van der Waals surface area contributed by atoms with Gasteiger partial charge in [-0.15, -0.1) is 0 Å². The molecular weight excluding hydrogens is 1550 g/mol. The van der Waals surface area contributed by atoms with Gasteiger partial charge in [-0.25, -0.2) is 18.3 Å². The van der Waals surface area contributed by atoms with Gasteiger partial charge in [0, 0.05) is 77.5 Å². The Morgan fingerprint density at radius 2 is 0.700 bits per heavy atom. The summed E-state index contributed by atoms with van der Waals surface area (Å²) >= 11 is 0. The maximum Gasteiger partial charge on any atom is 0.472 e. The summed E-state index contributed by atoms with van der Waals surface area (Å²) in [6.07, 6.45) is -6.68. The van der Waals surface area contributed by atoms with Crippen LogP contribution in [0.5, 0.6) is 0 Å². The molecule has 0 radical (unpaired) electrons. The molecule has 0 aromatic carbocycles. The maximum atomic E-state index is 13.5. The van der Waals surface area contributed by atoms with Gasteiger partial charge in [-0.3, -0.25) is 41.0 Å². The van der Waals surface area contributed by atoms with E-state index in [1.54, 1.807) is 13.8 Å². The predicted molar refractivity (Wildman–Crippen MR) is 386 cm³/mol. The van der Waals surface area contributed by atoms with Gasteiger partial charge in [-0.05, 0) is 78.1 Å². The Morgan fingerprint density at radius 1 is 0.382 bits per heavy atom. The number of aliphatic hydroxyl groups is 10. The van der Waals surface area contributed by atoms with E-state index in [2.05, 4.69) is 5.32 Å². The number of hydrogen-bond donors (Lipinski definition) is 15. The highest BCUT2D eigenvalue weighted by Gasteiger charge is 2.47.